The molecular weight excluding hydrogens is 360 g/mol. The Balaban J connectivity index is 1.85. The molecule has 29 heavy (non-hydrogen) atoms. The van der Waals surface area contributed by atoms with Crippen molar-refractivity contribution in [2.45, 2.75) is 59.2 Å². The molecule has 0 aliphatic carbocycles. The van der Waals surface area contributed by atoms with Crippen molar-refractivity contribution in [3.8, 4) is 0 Å². The first-order valence-corrected chi connectivity index (χ1v) is 10.4. The van der Waals surface area contributed by atoms with Crippen LogP contribution in [0.5, 0.6) is 0 Å². The first-order valence-electron chi connectivity index (χ1n) is 10.4. The Bertz CT molecular complexity index is 879. The maximum atomic E-state index is 13.2. The lowest BCUT2D eigenvalue weighted by Crippen LogP contribution is -2.52. The highest BCUT2D eigenvalue weighted by atomic mass is 16.2. The van der Waals surface area contributed by atoms with Crippen LogP contribution in [-0.2, 0) is 16.9 Å². The molecule has 2 aliphatic heterocycles. The van der Waals surface area contributed by atoms with E-state index in [0.29, 0.717) is 11.1 Å². The number of hydrogen-bond acceptors (Lipinski definition) is 3. The van der Waals surface area contributed by atoms with E-state index < -0.39 is 0 Å². The van der Waals surface area contributed by atoms with Gasteiger partial charge >= 0.3 is 0 Å². The van der Waals surface area contributed by atoms with E-state index in [4.69, 9.17) is 5.10 Å². The average Bonchev–Trinajstić information content (AvgIpc) is 3.00. The molecule has 2 unspecified atom stereocenters. The second-order valence-electron chi connectivity index (χ2n) is 9.35. The lowest BCUT2D eigenvalue weighted by molar-refractivity contribution is -0.900. The number of benzene rings is 1. The molecule has 2 aliphatic rings. The van der Waals surface area contributed by atoms with Crippen LogP contribution in [0, 0.1) is 0 Å². The largest absolute Gasteiger partial charge is 0.343 e. The maximum Gasteiger partial charge on any atom is 0.253 e. The highest BCUT2D eigenvalue weighted by molar-refractivity contribution is 5.96. The molecule has 0 radical (unpaired) electrons. The standard InChI is InChI=1S/C24H34N4O/c1-17(2)28(13-12-19(4)26-28)16-22-18(3)14-24(5,25-23(22)29)21-10-8-20(9-11-21)15-27(6)7/h8-13,17H,14-16H2,1-7H3/p+1. The minimum absolute atomic E-state index is 0.0277. The van der Waals surface area contributed by atoms with Crippen LogP contribution >= 0.6 is 0 Å². The fraction of sp³-hybridized carbons (Fsp3) is 0.500. The summed E-state index contributed by atoms with van der Waals surface area (Å²) in [5.74, 6) is 0.0277. The maximum absolute atomic E-state index is 13.2. The number of rotatable bonds is 6. The molecule has 156 valence electrons. The van der Waals surface area contributed by atoms with Gasteiger partial charge in [0.2, 0.25) is 0 Å². The Morgan fingerprint density at radius 1 is 1.21 bits per heavy atom. The summed E-state index contributed by atoms with van der Waals surface area (Å²) in [5.41, 5.74) is 5.06. The summed E-state index contributed by atoms with van der Waals surface area (Å²) in [6, 6.07) is 8.89. The molecule has 0 saturated carbocycles. The van der Waals surface area contributed by atoms with Crippen molar-refractivity contribution in [3.63, 3.8) is 0 Å². The number of nitrogens with zero attached hydrogens (tertiary/aromatic N) is 3. The molecule has 1 N–H and O–H groups in total. The van der Waals surface area contributed by atoms with Crippen molar-refractivity contribution in [2.75, 3.05) is 20.6 Å². The lowest BCUT2D eigenvalue weighted by atomic mass is 9.80. The summed E-state index contributed by atoms with van der Waals surface area (Å²) in [6.07, 6.45) is 4.98. The second kappa shape index (κ2) is 7.88. The normalized spacial score (nSPS) is 27.1. The van der Waals surface area contributed by atoms with E-state index in [9.17, 15) is 4.79 Å². The zero-order valence-corrected chi connectivity index (χ0v) is 18.9. The van der Waals surface area contributed by atoms with Gasteiger partial charge in [-0.2, -0.15) is 4.59 Å². The molecule has 0 bridgehead atoms. The summed E-state index contributed by atoms with van der Waals surface area (Å²) < 4.78 is 0.460. The van der Waals surface area contributed by atoms with Gasteiger partial charge in [0, 0.05) is 12.6 Å². The molecule has 5 nitrogen and oxygen atoms in total. The number of hydrogen-bond donors (Lipinski definition) is 1. The zero-order chi connectivity index (χ0) is 21.4. The van der Waals surface area contributed by atoms with Crippen molar-refractivity contribution < 1.29 is 9.39 Å². The minimum Gasteiger partial charge on any atom is -0.343 e. The molecule has 3 rings (SSSR count). The summed E-state index contributed by atoms with van der Waals surface area (Å²) in [4.78, 5) is 15.3. The van der Waals surface area contributed by atoms with Crippen LogP contribution in [0.2, 0.25) is 0 Å². The molecule has 0 spiro atoms. The third kappa shape index (κ3) is 4.36. The number of nitrogens with one attached hydrogen (secondary N) is 1. The predicted molar refractivity (Wildman–Crippen MR) is 119 cm³/mol. The number of allylic oxidation sites excluding steroid dienone is 1. The molecule has 0 saturated heterocycles. The molecule has 2 atom stereocenters. The highest BCUT2D eigenvalue weighted by Gasteiger charge is 2.41. The van der Waals surface area contributed by atoms with Crippen LogP contribution in [0.4, 0.5) is 0 Å². The third-order valence-electron chi connectivity index (χ3n) is 6.11. The topological polar surface area (TPSA) is 44.7 Å². The molecule has 1 amide bonds. The van der Waals surface area contributed by atoms with Gasteiger partial charge in [-0.1, -0.05) is 34.9 Å². The van der Waals surface area contributed by atoms with Crippen LogP contribution < -0.4 is 5.32 Å². The van der Waals surface area contributed by atoms with E-state index in [1.165, 1.54) is 5.56 Å². The first-order chi connectivity index (χ1) is 13.5. The Labute approximate surface area is 175 Å². The van der Waals surface area contributed by atoms with Crippen LogP contribution in [0.15, 0.2) is 52.8 Å². The smallest absolute Gasteiger partial charge is 0.253 e. The average molecular weight is 396 g/mol. The van der Waals surface area contributed by atoms with E-state index >= 15 is 0 Å². The van der Waals surface area contributed by atoms with Gasteiger partial charge < -0.3 is 10.2 Å². The van der Waals surface area contributed by atoms with E-state index in [-0.39, 0.29) is 17.5 Å². The molecule has 0 fully saturated rings. The van der Waals surface area contributed by atoms with Gasteiger partial charge in [-0.25, -0.2) is 0 Å². The van der Waals surface area contributed by atoms with E-state index in [2.05, 4.69) is 88.5 Å². The Kier molecular flexibility index (Phi) is 5.84. The quantitative estimate of drug-likeness (QED) is 0.742. The molecule has 0 aromatic heterocycles. The fourth-order valence-electron chi connectivity index (χ4n) is 4.33. The predicted octanol–water partition coefficient (Wildman–Crippen LogP) is 3.93. The van der Waals surface area contributed by atoms with Crippen LogP contribution in [-0.4, -0.2) is 47.8 Å². The second-order valence-corrected chi connectivity index (χ2v) is 9.35. The number of carbonyl (C=O) groups is 1. The van der Waals surface area contributed by atoms with Gasteiger partial charge in [0.1, 0.15) is 18.8 Å². The van der Waals surface area contributed by atoms with Gasteiger partial charge in [-0.15, -0.1) is 0 Å². The van der Waals surface area contributed by atoms with Crippen LogP contribution in [0.3, 0.4) is 0 Å². The van der Waals surface area contributed by atoms with Crippen molar-refractivity contribution >= 4 is 11.6 Å². The molecule has 1 aromatic carbocycles. The summed E-state index contributed by atoms with van der Waals surface area (Å²) in [7, 11) is 4.14. The van der Waals surface area contributed by atoms with Crippen molar-refractivity contribution in [1.29, 1.82) is 0 Å². The molecule has 1 aromatic rings. The summed E-state index contributed by atoms with van der Waals surface area (Å²) in [5, 5.41) is 8.14. The number of amides is 1. The van der Waals surface area contributed by atoms with E-state index in [1.54, 1.807) is 0 Å². The van der Waals surface area contributed by atoms with Gasteiger partial charge in [0.05, 0.1) is 16.8 Å². The molecule has 5 heteroatoms. The summed E-state index contributed by atoms with van der Waals surface area (Å²) >= 11 is 0. The highest BCUT2D eigenvalue weighted by Crippen LogP contribution is 2.35. The van der Waals surface area contributed by atoms with Gasteiger partial charge in [0.25, 0.3) is 5.91 Å². The monoisotopic (exact) mass is 395 g/mol. The van der Waals surface area contributed by atoms with Crippen molar-refractivity contribution in [1.82, 2.24) is 10.2 Å². The third-order valence-corrected chi connectivity index (χ3v) is 6.11. The molecule has 2 heterocycles. The van der Waals surface area contributed by atoms with Crippen molar-refractivity contribution in [2.24, 2.45) is 5.10 Å². The number of quaternary nitrogens is 1. The number of carbonyl (C=O) groups excluding carboxylic acids is 1. The van der Waals surface area contributed by atoms with Gasteiger partial charge in [0.15, 0.2) is 0 Å². The zero-order valence-electron chi connectivity index (χ0n) is 18.9. The van der Waals surface area contributed by atoms with Crippen molar-refractivity contribution in [3.05, 3.63) is 58.8 Å². The van der Waals surface area contributed by atoms with Gasteiger partial charge in [-0.05, 0) is 66.3 Å². The SMILES string of the molecule is CC1=N[N+](CC2=C(C)CC(C)(c3ccc(CN(C)C)cc3)NC2=O)(C(C)C)C=C1. The molecular formula is C24H35N4O+. The van der Waals surface area contributed by atoms with Crippen LogP contribution in [0.1, 0.15) is 52.2 Å². The Morgan fingerprint density at radius 3 is 2.34 bits per heavy atom. The van der Waals surface area contributed by atoms with Gasteiger partial charge in [-0.3, -0.25) is 4.79 Å². The fourth-order valence-corrected chi connectivity index (χ4v) is 4.33. The summed E-state index contributed by atoms with van der Waals surface area (Å²) in [6.45, 7) is 12.1. The van der Waals surface area contributed by atoms with E-state index in [0.717, 1.165) is 35.4 Å². The van der Waals surface area contributed by atoms with E-state index in [1.807, 2.05) is 6.92 Å². The lowest BCUT2D eigenvalue weighted by Gasteiger charge is -2.39. The minimum atomic E-state index is -0.385. The first kappa shape index (κ1) is 21.5. The Hall–Kier alpha value is -2.24. The Morgan fingerprint density at radius 2 is 1.86 bits per heavy atom. The van der Waals surface area contributed by atoms with Crippen LogP contribution in [0.25, 0.3) is 0 Å².